The van der Waals surface area contributed by atoms with Gasteiger partial charge in [-0.25, -0.2) is 0 Å². The van der Waals surface area contributed by atoms with E-state index in [0.717, 1.165) is 17.8 Å². The Hall–Kier alpha value is -2.60. The van der Waals surface area contributed by atoms with Gasteiger partial charge in [0.05, 0.1) is 6.04 Å². The fourth-order valence-corrected chi connectivity index (χ4v) is 2.17. The van der Waals surface area contributed by atoms with Crippen LogP contribution in [0.3, 0.4) is 0 Å². The molecule has 0 fully saturated rings. The molecule has 0 radical (unpaired) electrons. The van der Waals surface area contributed by atoms with Crippen LogP contribution in [-0.4, -0.2) is 5.84 Å². The molecule has 0 saturated heterocycles. The van der Waals surface area contributed by atoms with Crippen molar-refractivity contribution in [1.29, 1.82) is 5.26 Å². The van der Waals surface area contributed by atoms with E-state index in [1.54, 1.807) is 0 Å². The van der Waals surface area contributed by atoms with E-state index in [2.05, 4.69) is 46.7 Å². The molecular formula is C18H19N3. The normalized spacial score (nSPS) is 12.5. The first-order valence-corrected chi connectivity index (χ1v) is 7.11. The summed E-state index contributed by atoms with van der Waals surface area (Å²) in [5.41, 5.74) is 3.54. The molecule has 0 bridgehead atoms. The van der Waals surface area contributed by atoms with Crippen LogP contribution in [0.2, 0.25) is 0 Å². The van der Waals surface area contributed by atoms with Crippen molar-refractivity contribution in [2.24, 2.45) is 4.99 Å². The first-order chi connectivity index (χ1) is 10.2. The molecule has 2 aromatic rings. The second-order valence-corrected chi connectivity index (χ2v) is 4.83. The summed E-state index contributed by atoms with van der Waals surface area (Å²) in [6, 6.07) is 18.7. The van der Waals surface area contributed by atoms with E-state index in [4.69, 9.17) is 5.26 Å². The predicted octanol–water partition coefficient (Wildman–Crippen LogP) is 4.29. The van der Waals surface area contributed by atoms with E-state index in [0.29, 0.717) is 0 Å². The number of benzene rings is 2. The summed E-state index contributed by atoms with van der Waals surface area (Å²) in [4.78, 5) is 4.54. The quantitative estimate of drug-likeness (QED) is 0.392. The van der Waals surface area contributed by atoms with Crippen LogP contribution in [0.4, 0.5) is 0 Å². The SMILES string of the molecule is CCC(=N[C@@H](C)c1ccc(-c2ccccc2)cc1)NC#N. The van der Waals surface area contributed by atoms with E-state index in [1.165, 1.54) is 11.1 Å². The fourth-order valence-electron chi connectivity index (χ4n) is 2.17. The average molecular weight is 277 g/mol. The van der Waals surface area contributed by atoms with Crippen molar-refractivity contribution in [1.82, 2.24) is 5.32 Å². The Morgan fingerprint density at radius 1 is 1.10 bits per heavy atom. The molecule has 21 heavy (non-hydrogen) atoms. The van der Waals surface area contributed by atoms with Gasteiger partial charge < -0.3 is 0 Å². The van der Waals surface area contributed by atoms with Crippen molar-refractivity contribution in [3.63, 3.8) is 0 Å². The minimum atomic E-state index is 0.0330. The van der Waals surface area contributed by atoms with E-state index in [-0.39, 0.29) is 6.04 Å². The largest absolute Gasteiger partial charge is 0.281 e. The lowest BCUT2D eigenvalue weighted by molar-refractivity contribution is 0.807. The van der Waals surface area contributed by atoms with Crippen LogP contribution in [0.5, 0.6) is 0 Å². The highest BCUT2D eigenvalue weighted by Gasteiger charge is 2.05. The standard InChI is InChI=1S/C18H19N3/c1-3-18(20-13-19)21-14(2)15-9-11-17(12-10-15)16-7-5-4-6-8-16/h4-12,14H,3H2,1-2H3,(H,20,21)/t14-/m0/s1. The highest BCUT2D eigenvalue weighted by atomic mass is 15.0. The van der Waals surface area contributed by atoms with Crippen LogP contribution in [-0.2, 0) is 0 Å². The van der Waals surface area contributed by atoms with Crippen LogP contribution >= 0.6 is 0 Å². The topological polar surface area (TPSA) is 48.2 Å². The van der Waals surface area contributed by atoms with Crippen molar-refractivity contribution >= 4 is 5.84 Å². The molecule has 0 aromatic heterocycles. The third-order valence-corrected chi connectivity index (χ3v) is 3.38. The van der Waals surface area contributed by atoms with E-state index < -0.39 is 0 Å². The Morgan fingerprint density at radius 3 is 2.29 bits per heavy atom. The highest BCUT2D eigenvalue weighted by Crippen LogP contribution is 2.23. The minimum Gasteiger partial charge on any atom is -0.281 e. The first-order valence-electron chi connectivity index (χ1n) is 7.11. The highest BCUT2D eigenvalue weighted by molar-refractivity contribution is 5.83. The number of aliphatic imine (C=N–C) groups is 1. The lowest BCUT2D eigenvalue weighted by Gasteiger charge is -2.10. The molecule has 106 valence electrons. The zero-order chi connectivity index (χ0) is 15.1. The zero-order valence-electron chi connectivity index (χ0n) is 12.4. The van der Waals surface area contributed by atoms with Crippen LogP contribution in [0.1, 0.15) is 31.9 Å². The molecular weight excluding hydrogens is 258 g/mol. The van der Waals surface area contributed by atoms with Crippen molar-refractivity contribution in [2.45, 2.75) is 26.3 Å². The summed E-state index contributed by atoms with van der Waals surface area (Å²) < 4.78 is 0. The van der Waals surface area contributed by atoms with Gasteiger partial charge in [0.15, 0.2) is 6.19 Å². The molecule has 2 rings (SSSR count). The second-order valence-electron chi connectivity index (χ2n) is 4.83. The number of nitrogens with zero attached hydrogens (tertiary/aromatic N) is 2. The Balaban J connectivity index is 2.17. The Morgan fingerprint density at radius 2 is 1.71 bits per heavy atom. The molecule has 1 atom stereocenters. The van der Waals surface area contributed by atoms with Crippen molar-refractivity contribution < 1.29 is 0 Å². The van der Waals surface area contributed by atoms with Gasteiger partial charge in [0.25, 0.3) is 0 Å². The maximum Gasteiger partial charge on any atom is 0.182 e. The molecule has 2 aromatic carbocycles. The van der Waals surface area contributed by atoms with Crippen LogP contribution in [0.15, 0.2) is 59.6 Å². The van der Waals surface area contributed by atoms with Crippen LogP contribution < -0.4 is 5.32 Å². The predicted molar refractivity (Wildman–Crippen MR) is 86.8 cm³/mol. The van der Waals surface area contributed by atoms with Gasteiger partial charge in [0.2, 0.25) is 0 Å². The summed E-state index contributed by atoms with van der Waals surface area (Å²) in [5, 5.41) is 11.3. The second kappa shape index (κ2) is 7.25. The van der Waals surface area contributed by atoms with Gasteiger partial charge in [-0.2, -0.15) is 5.26 Å². The maximum atomic E-state index is 8.67. The monoisotopic (exact) mass is 277 g/mol. The molecule has 1 N–H and O–H groups in total. The van der Waals surface area contributed by atoms with Crippen molar-refractivity contribution in [2.75, 3.05) is 0 Å². The van der Waals surface area contributed by atoms with Gasteiger partial charge in [0, 0.05) is 6.42 Å². The summed E-state index contributed by atoms with van der Waals surface area (Å²) in [5.74, 6) is 0.720. The Labute approximate surface area is 126 Å². The summed E-state index contributed by atoms with van der Waals surface area (Å²) in [7, 11) is 0. The number of hydrogen-bond donors (Lipinski definition) is 1. The van der Waals surface area contributed by atoms with Crippen LogP contribution in [0.25, 0.3) is 11.1 Å². The van der Waals surface area contributed by atoms with Crippen LogP contribution in [0, 0.1) is 11.5 Å². The molecule has 3 nitrogen and oxygen atoms in total. The molecule has 0 aliphatic rings. The Kier molecular flexibility index (Phi) is 5.11. The molecule has 0 spiro atoms. The average Bonchev–Trinajstić information content (AvgIpc) is 2.55. The third kappa shape index (κ3) is 3.93. The fraction of sp³-hybridized carbons (Fsp3) is 0.222. The minimum absolute atomic E-state index is 0.0330. The molecule has 0 unspecified atom stereocenters. The lowest BCUT2D eigenvalue weighted by atomic mass is 10.0. The Bertz CT molecular complexity index is 636. The molecule has 0 heterocycles. The van der Waals surface area contributed by atoms with Gasteiger partial charge in [-0.3, -0.25) is 10.3 Å². The van der Waals surface area contributed by atoms with E-state index in [9.17, 15) is 0 Å². The number of nitrogens with one attached hydrogen (secondary N) is 1. The number of amidine groups is 1. The van der Waals surface area contributed by atoms with Crippen molar-refractivity contribution in [3.05, 3.63) is 60.2 Å². The summed E-state index contributed by atoms with van der Waals surface area (Å²) >= 11 is 0. The molecule has 0 aliphatic carbocycles. The molecule has 0 amide bonds. The van der Waals surface area contributed by atoms with Gasteiger partial charge in [0.1, 0.15) is 5.84 Å². The smallest absolute Gasteiger partial charge is 0.182 e. The number of rotatable bonds is 4. The van der Waals surface area contributed by atoms with Gasteiger partial charge >= 0.3 is 0 Å². The molecule has 3 heteroatoms. The summed E-state index contributed by atoms with van der Waals surface area (Å²) in [6.07, 6.45) is 2.65. The first kappa shape index (κ1) is 14.8. The maximum absolute atomic E-state index is 8.67. The van der Waals surface area contributed by atoms with Crippen molar-refractivity contribution in [3.8, 4) is 17.3 Å². The van der Waals surface area contributed by atoms with E-state index in [1.807, 2.05) is 38.2 Å². The summed E-state index contributed by atoms with van der Waals surface area (Å²) in [6.45, 7) is 4.01. The number of nitriles is 1. The van der Waals surface area contributed by atoms with Gasteiger partial charge in [-0.15, -0.1) is 0 Å². The van der Waals surface area contributed by atoms with E-state index >= 15 is 0 Å². The number of hydrogen-bond acceptors (Lipinski definition) is 2. The molecule has 0 aliphatic heterocycles. The zero-order valence-corrected chi connectivity index (χ0v) is 12.4. The lowest BCUT2D eigenvalue weighted by Crippen LogP contribution is -2.17. The van der Waals surface area contributed by atoms with Gasteiger partial charge in [-0.05, 0) is 23.6 Å². The van der Waals surface area contributed by atoms with Gasteiger partial charge in [-0.1, -0.05) is 61.5 Å². The molecule has 0 saturated carbocycles. The third-order valence-electron chi connectivity index (χ3n) is 3.38.